The highest BCUT2D eigenvalue weighted by Gasteiger charge is 2.21. The lowest BCUT2D eigenvalue weighted by Crippen LogP contribution is -2.33. The molecule has 152 valence electrons. The molecule has 0 saturated heterocycles. The van der Waals surface area contributed by atoms with Gasteiger partial charge in [-0.2, -0.15) is 0 Å². The zero-order valence-corrected chi connectivity index (χ0v) is 16.3. The van der Waals surface area contributed by atoms with Crippen LogP contribution in [0.25, 0.3) is 0 Å². The number of hydrogen-bond donors (Lipinski definition) is 2. The quantitative estimate of drug-likeness (QED) is 0.696. The normalized spacial score (nSPS) is 13.7. The number of carbonyl (C=O) groups is 3. The first-order chi connectivity index (χ1) is 14.0. The van der Waals surface area contributed by atoms with E-state index in [4.69, 9.17) is 16.3 Å². The van der Waals surface area contributed by atoms with E-state index in [-0.39, 0.29) is 17.0 Å². The van der Waals surface area contributed by atoms with Crippen molar-refractivity contribution in [2.75, 3.05) is 11.9 Å². The number of benzene rings is 2. The van der Waals surface area contributed by atoms with E-state index in [2.05, 4.69) is 10.6 Å². The fourth-order valence-electron chi connectivity index (χ4n) is 3.21. The summed E-state index contributed by atoms with van der Waals surface area (Å²) in [5.74, 6) is -2.82. The molecule has 0 heterocycles. The van der Waals surface area contributed by atoms with Crippen molar-refractivity contribution in [2.24, 2.45) is 0 Å². The van der Waals surface area contributed by atoms with E-state index in [1.54, 1.807) is 24.3 Å². The van der Waals surface area contributed by atoms with Gasteiger partial charge < -0.3 is 15.4 Å². The largest absolute Gasteiger partial charge is 0.452 e. The lowest BCUT2D eigenvalue weighted by molar-refractivity contribution is -0.119. The van der Waals surface area contributed by atoms with Gasteiger partial charge in [0.05, 0.1) is 16.3 Å². The Labute approximate surface area is 172 Å². The molecule has 1 fully saturated rings. The highest BCUT2D eigenvalue weighted by molar-refractivity contribution is 6.33. The lowest BCUT2D eigenvalue weighted by Gasteiger charge is -2.15. The van der Waals surface area contributed by atoms with Crippen LogP contribution in [-0.2, 0) is 9.53 Å². The van der Waals surface area contributed by atoms with Crippen LogP contribution in [0.15, 0.2) is 42.5 Å². The summed E-state index contributed by atoms with van der Waals surface area (Å²) in [6.45, 7) is -0.651. The SMILES string of the molecule is O=C(COC(=O)c1c(F)cccc1Cl)Nc1ccccc1C(=O)NC1CCCC1. The van der Waals surface area contributed by atoms with E-state index in [1.807, 2.05) is 0 Å². The van der Waals surface area contributed by atoms with Gasteiger partial charge in [0.2, 0.25) is 0 Å². The molecule has 3 rings (SSSR count). The average molecular weight is 419 g/mol. The van der Waals surface area contributed by atoms with Crippen LogP contribution < -0.4 is 10.6 Å². The minimum Gasteiger partial charge on any atom is -0.452 e. The number of nitrogens with one attached hydrogen (secondary N) is 2. The molecule has 6 nitrogen and oxygen atoms in total. The fraction of sp³-hybridized carbons (Fsp3) is 0.286. The number of esters is 1. The number of rotatable bonds is 6. The summed E-state index contributed by atoms with van der Waals surface area (Å²) >= 11 is 5.81. The molecule has 2 aromatic rings. The van der Waals surface area contributed by atoms with Gasteiger partial charge in [-0.15, -0.1) is 0 Å². The average Bonchev–Trinajstić information content (AvgIpc) is 3.19. The van der Waals surface area contributed by atoms with Crippen molar-refractivity contribution in [3.8, 4) is 0 Å². The highest BCUT2D eigenvalue weighted by atomic mass is 35.5. The second kappa shape index (κ2) is 9.52. The predicted octanol–water partition coefficient (Wildman–Crippen LogP) is 3.95. The Balaban J connectivity index is 1.61. The van der Waals surface area contributed by atoms with Gasteiger partial charge in [0.25, 0.3) is 11.8 Å². The Morgan fingerprint density at radius 3 is 2.52 bits per heavy atom. The van der Waals surface area contributed by atoms with Gasteiger partial charge in [0.15, 0.2) is 6.61 Å². The molecule has 0 radical (unpaired) electrons. The molecule has 2 aromatic carbocycles. The highest BCUT2D eigenvalue weighted by Crippen LogP contribution is 2.21. The standard InChI is InChI=1S/C21H20ClFN2O4/c22-15-9-5-10-16(23)19(15)21(28)29-12-18(26)25-17-11-4-3-8-14(17)20(27)24-13-6-1-2-7-13/h3-5,8-11,13H,1-2,6-7,12H2,(H,24,27)(H,25,26). The molecule has 29 heavy (non-hydrogen) atoms. The molecule has 0 aromatic heterocycles. The minimum atomic E-state index is -1.05. The molecular weight excluding hydrogens is 399 g/mol. The van der Waals surface area contributed by atoms with Crippen LogP contribution in [0, 0.1) is 5.82 Å². The predicted molar refractivity (Wildman–Crippen MR) is 106 cm³/mol. The first kappa shape index (κ1) is 20.8. The zero-order valence-electron chi connectivity index (χ0n) is 15.5. The van der Waals surface area contributed by atoms with Gasteiger partial charge in [-0.1, -0.05) is 42.6 Å². The maximum absolute atomic E-state index is 13.8. The van der Waals surface area contributed by atoms with Gasteiger partial charge >= 0.3 is 5.97 Å². The molecule has 2 N–H and O–H groups in total. The topological polar surface area (TPSA) is 84.5 Å². The molecule has 8 heteroatoms. The third kappa shape index (κ3) is 5.32. The molecule has 0 atom stereocenters. The molecular formula is C21H20ClFN2O4. The van der Waals surface area contributed by atoms with Crippen LogP contribution in [0.2, 0.25) is 5.02 Å². The Morgan fingerprint density at radius 2 is 1.79 bits per heavy atom. The number of carbonyl (C=O) groups excluding carboxylic acids is 3. The first-order valence-corrected chi connectivity index (χ1v) is 9.64. The van der Waals surface area contributed by atoms with Crippen molar-refractivity contribution in [3.63, 3.8) is 0 Å². The first-order valence-electron chi connectivity index (χ1n) is 9.26. The monoisotopic (exact) mass is 418 g/mol. The number of halogens is 2. The van der Waals surface area contributed by atoms with E-state index in [0.29, 0.717) is 11.3 Å². The van der Waals surface area contributed by atoms with Crippen molar-refractivity contribution in [1.82, 2.24) is 5.32 Å². The summed E-state index contributed by atoms with van der Waals surface area (Å²) in [7, 11) is 0. The summed E-state index contributed by atoms with van der Waals surface area (Å²) in [6, 6.07) is 10.5. The van der Waals surface area contributed by atoms with Crippen molar-refractivity contribution in [2.45, 2.75) is 31.7 Å². The van der Waals surface area contributed by atoms with Gasteiger partial charge in [-0.05, 0) is 37.1 Å². The summed E-state index contributed by atoms with van der Waals surface area (Å²) in [6.07, 6.45) is 4.05. The van der Waals surface area contributed by atoms with Crippen LogP contribution in [-0.4, -0.2) is 30.4 Å². The fourth-order valence-corrected chi connectivity index (χ4v) is 3.45. The molecule has 2 amide bonds. The van der Waals surface area contributed by atoms with E-state index in [0.717, 1.165) is 31.7 Å². The molecule has 0 bridgehead atoms. The minimum absolute atomic E-state index is 0.107. The number of para-hydroxylation sites is 1. The van der Waals surface area contributed by atoms with Crippen LogP contribution in [0.5, 0.6) is 0 Å². The molecule has 1 aliphatic rings. The number of ether oxygens (including phenoxy) is 1. The molecule has 1 aliphatic carbocycles. The Morgan fingerprint density at radius 1 is 1.07 bits per heavy atom. The van der Waals surface area contributed by atoms with E-state index < -0.39 is 29.9 Å². The second-order valence-corrected chi connectivity index (χ2v) is 7.13. The molecule has 0 unspecified atom stereocenters. The lowest BCUT2D eigenvalue weighted by atomic mass is 10.1. The van der Waals surface area contributed by atoms with Crippen LogP contribution in [0.1, 0.15) is 46.4 Å². The number of hydrogen-bond acceptors (Lipinski definition) is 4. The summed E-state index contributed by atoms with van der Waals surface area (Å²) < 4.78 is 18.6. The maximum atomic E-state index is 13.8. The number of amides is 2. The Bertz CT molecular complexity index is 908. The second-order valence-electron chi connectivity index (χ2n) is 6.72. The Kier molecular flexibility index (Phi) is 6.82. The third-order valence-corrected chi connectivity index (χ3v) is 4.95. The molecule has 0 spiro atoms. The van der Waals surface area contributed by atoms with Crippen LogP contribution in [0.3, 0.4) is 0 Å². The van der Waals surface area contributed by atoms with Crippen molar-refractivity contribution in [3.05, 3.63) is 64.4 Å². The van der Waals surface area contributed by atoms with Gasteiger partial charge in [0, 0.05) is 6.04 Å². The van der Waals surface area contributed by atoms with Crippen molar-refractivity contribution < 1.29 is 23.5 Å². The summed E-state index contributed by atoms with van der Waals surface area (Å²) in [4.78, 5) is 36.7. The van der Waals surface area contributed by atoms with E-state index >= 15 is 0 Å². The van der Waals surface area contributed by atoms with E-state index in [9.17, 15) is 18.8 Å². The third-order valence-electron chi connectivity index (χ3n) is 4.64. The van der Waals surface area contributed by atoms with Gasteiger partial charge in [0.1, 0.15) is 11.4 Å². The molecule has 1 saturated carbocycles. The van der Waals surface area contributed by atoms with Crippen LogP contribution >= 0.6 is 11.6 Å². The van der Waals surface area contributed by atoms with Crippen LogP contribution in [0.4, 0.5) is 10.1 Å². The summed E-state index contributed by atoms with van der Waals surface area (Å²) in [5, 5.41) is 5.40. The van der Waals surface area contributed by atoms with Gasteiger partial charge in [-0.25, -0.2) is 9.18 Å². The zero-order chi connectivity index (χ0) is 20.8. The molecule has 0 aliphatic heterocycles. The van der Waals surface area contributed by atoms with Crippen molar-refractivity contribution in [1.29, 1.82) is 0 Å². The number of anilines is 1. The maximum Gasteiger partial charge on any atom is 0.343 e. The van der Waals surface area contributed by atoms with Gasteiger partial charge in [-0.3, -0.25) is 9.59 Å². The summed E-state index contributed by atoms with van der Waals surface area (Å²) in [5.41, 5.74) is 0.183. The van der Waals surface area contributed by atoms with Crippen molar-refractivity contribution >= 4 is 35.1 Å². The van der Waals surface area contributed by atoms with E-state index in [1.165, 1.54) is 12.1 Å². The smallest absolute Gasteiger partial charge is 0.343 e. The Hall–Kier alpha value is -2.93.